The fourth-order valence-electron chi connectivity index (χ4n) is 4.16. The highest BCUT2D eigenvalue weighted by Crippen LogP contribution is 2.31. The van der Waals surface area contributed by atoms with Crippen LogP contribution in [-0.4, -0.2) is 35.7 Å². The summed E-state index contributed by atoms with van der Waals surface area (Å²) in [6.07, 6.45) is 2.57. The second-order valence-corrected chi connectivity index (χ2v) is 7.40. The number of carbonyl (C=O) groups is 1. The number of para-hydroxylation sites is 1. The molecule has 0 aliphatic carbocycles. The van der Waals surface area contributed by atoms with Gasteiger partial charge in [0.1, 0.15) is 0 Å². The SMILES string of the molecule is O=C(C1CCN(c2noc(-c3ccccc3)n2)CC1)N1CCc2ccccc21. The first-order valence-corrected chi connectivity index (χ1v) is 9.83. The molecule has 6 heteroatoms. The van der Waals surface area contributed by atoms with E-state index in [1.165, 1.54) is 5.56 Å². The lowest BCUT2D eigenvalue weighted by Gasteiger charge is -2.32. The molecule has 0 spiro atoms. The van der Waals surface area contributed by atoms with Gasteiger partial charge in [-0.1, -0.05) is 36.4 Å². The Morgan fingerprint density at radius 3 is 2.54 bits per heavy atom. The summed E-state index contributed by atoms with van der Waals surface area (Å²) < 4.78 is 5.42. The summed E-state index contributed by atoms with van der Waals surface area (Å²) in [6, 6.07) is 18.0. The first kappa shape index (κ1) is 17.0. The molecule has 1 fully saturated rings. The Hall–Kier alpha value is -3.15. The summed E-state index contributed by atoms with van der Waals surface area (Å²) in [5, 5.41) is 4.14. The van der Waals surface area contributed by atoms with Crippen LogP contribution in [0.4, 0.5) is 11.6 Å². The molecule has 28 heavy (non-hydrogen) atoms. The number of anilines is 2. The summed E-state index contributed by atoms with van der Waals surface area (Å²) in [7, 11) is 0. The van der Waals surface area contributed by atoms with Crippen LogP contribution in [0.25, 0.3) is 11.5 Å². The average molecular weight is 374 g/mol. The molecule has 0 bridgehead atoms. The van der Waals surface area contributed by atoms with Crippen LogP contribution in [0, 0.1) is 5.92 Å². The lowest BCUT2D eigenvalue weighted by atomic mass is 9.95. The maximum absolute atomic E-state index is 13.1. The first-order valence-electron chi connectivity index (χ1n) is 9.83. The number of hydrogen-bond donors (Lipinski definition) is 0. The zero-order valence-corrected chi connectivity index (χ0v) is 15.6. The number of piperidine rings is 1. The summed E-state index contributed by atoms with van der Waals surface area (Å²) >= 11 is 0. The lowest BCUT2D eigenvalue weighted by molar-refractivity contribution is -0.122. The van der Waals surface area contributed by atoms with Crippen molar-refractivity contribution in [3.63, 3.8) is 0 Å². The van der Waals surface area contributed by atoms with Gasteiger partial charge in [0.2, 0.25) is 5.91 Å². The highest BCUT2D eigenvalue weighted by atomic mass is 16.5. The summed E-state index contributed by atoms with van der Waals surface area (Å²) in [4.78, 5) is 21.7. The summed E-state index contributed by atoms with van der Waals surface area (Å²) in [5.74, 6) is 1.45. The minimum absolute atomic E-state index is 0.0582. The van der Waals surface area contributed by atoms with E-state index in [9.17, 15) is 4.79 Å². The minimum Gasteiger partial charge on any atom is -0.338 e. The van der Waals surface area contributed by atoms with Crippen LogP contribution in [0.5, 0.6) is 0 Å². The number of rotatable bonds is 3. The Labute approximate surface area is 163 Å². The van der Waals surface area contributed by atoms with Gasteiger partial charge >= 0.3 is 0 Å². The van der Waals surface area contributed by atoms with Gasteiger partial charge in [-0.3, -0.25) is 4.79 Å². The molecular weight excluding hydrogens is 352 g/mol. The normalized spacial score (nSPS) is 17.0. The molecular formula is C22H22N4O2. The van der Waals surface area contributed by atoms with Gasteiger partial charge in [0.25, 0.3) is 11.8 Å². The zero-order valence-electron chi connectivity index (χ0n) is 15.6. The number of hydrogen-bond acceptors (Lipinski definition) is 5. The lowest BCUT2D eigenvalue weighted by Crippen LogP contribution is -2.42. The summed E-state index contributed by atoms with van der Waals surface area (Å²) in [6.45, 7) is 2.32. The third-order valence-corrected chi connectivity index (χ3v) is 5.72. The number of aromatic nitrogens is 2. The molecule has 0 saturated carbocycles. The van der Waals surface area contributed by atoms with Gasteiger partial charge in [0.15, 0.2) is 0 Å². The highest BCUT2D eigenvalue weighted by Gasteiger charge is 2.33. The van der Waals surface area contributed by atoms with Crippen molar-refractivity contribution in [2.75, 3.05) is 29.4 Å². The number of benzene rings is 2. The Balaban J connectivity index is 1.24. The number of amides is 1. The molecule has 3 aromatic rings. The molecule has 5 rings (SSSR count). The Morgan fingerprint density at radius 1 is 0.964 bits per heavy atom. The molecule has 2 aliphatic heterocycles. The minimum atomic E-state index is 0.0582. The molecule has 1 aromatic heterocycles. The topological polar surface area (TPSA) is 62.5 Å². The number of fused-ring (bicyclic) bond motifs is 1. The maximum Gasteiger partial charge on any atom is 0.266 e. The van der Waals surface area contributed by atoms with E-state index in [2.05, 4.69) is 27.2 Å². The van der Waals surface area contributed by atoms with Crippen LogP contribution in [0.3, 0.4) is 0 Å². The molecule has 2 aromatic carbocycles. The van der Waals surface area contributed by atoms with Crippen molar-refractivity contribution in [2.24, 2.45) is 5.92 Å². The van der Waals surface area contributed by atoms with Crippen molar-refractivity contribution in [3.05, 3.63) is 60.2 Å². The van der Waals surface area contributed by atoms with Crippen molar-refractivity contribution >= 4 is 17.5 Å². The Morgan fingerprint density at radius 2 is 1.71 bits per heavy atom. The third kappa shape index (κ3) is 3.05. The molecule has 0 atom stereocenters. The third-order valence-electron chi connectivity index (χ3n) is 5.72. The monoisotopic (exact) mass is 374 g/mol. The quantitative estimate of drug-likeness (QED) is 0.702. The molecule has 3 heterocycles. The van der Waals surface area contributed by atoms with Gasteiger partial charge in [-0.05, 0) is 48.2 Å². The molecule has 0 unspecified atom stereocenters. The molecule has 2 aliphatic rings. The standard InChI is InChI=1S/C22H22N4O2/c27-21(26-15-12-16-6-4-5-9-19(16)26)18-10-13-25(14-11-18)22-23-20(28-24-22)17-7-2-1-3-8-17/h1-9,18H,10-15H2. The van der Waals surface area contributed by atoms with Crippen LogP contribution >= 0.6 is 0 Å². The van der Waals surface area contributed by atoms with Crippen LogP contribution < -0.4 is 9.80 Å². The predicted octanol–water partition coefficient (Wildman–Crippen LogP) is 3.54. The van der Waals surface area contributed by atoms with Crippen LogP contribution in [0.2, 0.25) is 0 Å². The Bertz CT molecular complexity index is 977. The van der Waals surface area contributed by atoms with Gasteiger partial charge in [0, 0.05) is 36.8 Å². The fourth-order valence-corrected chi connectivity index (χ4v) is 4.16. The molecule has 1 amide bonds. The van der Waals surface area contributed by atoms with E-state index in [1.54, 1.807) is 0 Å². The highest BCUT2D eigenvalue weighted by molar-refractivity contribution is 5.97. The van der Waals surface area contributed by atoms with E-state index in [4.69, 9.17) is 4.52 Å². The predicted molar refractivity (Wildman–Crippen MR) is 107 cm³/mol. The van der Waals surface area contributed by atoms with Gasteiger partial charge in [-0.2, -0.15) is 4.98 Å². The van der Waals surface area contributed by atoms with E-state index in [0.29, 0.717) is 11.8 Å². The van der Waals surface area contributed by atoms with Gasteiger partial charge in [-0.15, -0.1) is 0 Å². The molecule has 142 valence electrons. The van der Waals surface area contributed by atoms with Crippen LogP contribution in [0.15, 0.2) is 59.1 Å². The molecule has 1 saturated heterocycles. The largest absolute Gasteiger partial charge is 0.338 e. The second-order valence-electron chi connectivity index (χ2n) is 7.40. The van der Waals surface area contributed by atoms with E-state index in [-0.39, 0.29) is 11.8 Å². The van der Waals surface area contributed by atoms with Gasteiger partial charge < -0.3 is 14.3 Å². The first-order chi connectivity index (χ1) is 13.8. The molecule has 0 N–H and O–H groups in total. The molecule has 6 nitrogen and oxygen atoms in total. The van der Waals surface area contributed by atoms with Crippen molar-refractivity contribution in [2.45, 2.75) is 19.3 Å². The molecule has 0 radical (unpaired) electrons. The van der Waals surface area contributed by atoms with Crippen molar-refractivity contribution in [3.8, 4) is 11.5 Å². The van der Waals surface area contributed by atoms with Crippen LogP contribution in [0.1, 0.15) is 18.4 Å². The Kier molecular flexibility index (Phi) is 4.31. The van der Waals surface area contributed by atoms with E-state index >= 15 is 0 Å². The average Bonchev–Trinajstić information content (AvgIpc) is 3.42. The van der Waals surface area contributed by atoms with Crippen molar-refractivity contribution < 1.29 is 9.32 Å². The van der Waals surface area contributed by atoms with E-state index in [1.807, 2.05) is 47.4 Å². The second kappa shape index (κ2) is 7.11. The van der Waals surface area contributed by atoms with Gasteiger partial charge in [0.05, 0.1) is 0 Å². The number of carbonyl (C=O) groups excluding carboxylic acids is 1. The van der Waals surface area contributed by atoms with E-state index < -0.39 is 0 Å². The van der Waals surface area contributed by atoms with Crippen molar-refractivity contribution in [1.29, 1.82) is 0 Å². The number of nitrogens with zero attached hydrogens (tertiary/aromatic N) is 4. The maximum atomic E-state index is 13.1. The van der Waals surface area contributed by atoms with Gasteiger partial charge in [-0.25, -0.2) is 0 Å². The summed E-state index contributed by atoms with van der Waals surface area (Å²) in [5.41, 5.74) is 3.27. The fraction of sp³-hybridized carbons (Fsp3) is 0.318. The van der Waals surface area contributed by atoms with E-state index in [0.717, 1.165) is 50.1 Å². The smallest absolute Gasteiger partial charge is 0.266 e. The van der Waals surface area contributed by atoms with Crippen LogP contribution in [-0.2, 0) is 11.2 Å². The zero-order chi connectivity index (χ0) is 18.9. The van der Waals surface area contributed by atoms with Crippen molar-refractivity contribution in [1.82, 2.24) is 10.1 Å².